The molecule has 1 atom stereocenters. The lowest BCUT2D eigenvalue weighted by Crippen LogP contribution is -2.39. The standard InChI is InChI=1S/C15H29NO3/c1-13(17)19-12-15(18)11-16(2)14-9-7-5-3-4-6-8-10-14/h14-15,18H,3-12H2,1-2H3. The summed E-state index contributed by atoms with van der Waals surface area (Å²) in [6.07, 6.45) is 9.83. The topological polar surface area (TPSA) is 49.8 Å². The van der Waals surface area contributed by atoms with Crippen LogP contribution in [0.5, 0.6) is 0 Å². The molecule has 0 bridgehead atoms. The number of aliphatic hydroxyl groups is 1. The minimum absolute atomic E-state index is 0.104. The van der Waals surface area contributed by atoms with E-state index in [1.807, 2.05) is 0 Å². The van der Waals surface area contributed by atoms with Crippen molar-refractivity contribution in [2.24, 2.45) is 0 Å². The molecule has 1 saturated carbocycles. The van der Waals surface area contributed by atoms with E-state index in [2.05, 4.69) is 11.9 Å². The summed E-state index contributed by atoms with van der Waals surface area (Å²) in [6, 6.07) is 0.560. The number of carbonyl (C=O) groups is 1. The summed E-state index contributed by atoms with van der Waals surface area (Å²) in [7, 11) is 2.07. The van der Waals surface area contributed by atoms with Gasteiger partial charge in [0, 0.05) is 19.5 Å². The normalized spacial score (nSPS) is 20.4. The third-order valence-corrected chi connectivity index (χ3v) is 3.93. The molecule has 1 unspecified atom stereocenters. The maximum absolute atomic E-state index is 10.7. The Kier molecular flexibility index (Phi) is 8.07. The van der Waals surface area contributed by atoms with Crippen LogP contribution < -0.4 is 0 Å². The molecule has 1 aliphatic rings. The van der Waals surface area contributed by atoms with Crippen molar-refractivity contribution in [1.82, 2.24) is 4.90 Å². The van der Waals surface area contributed by atoms with Gasteiger partial charge in [-0.25, -0.2) is 0 Å². The molecule has 4 heteroatoms. The number of ether oxygens (including phenoxy) is 1. The quantitative estimate of drug-likeness (QED) is 0.780. The zero-order chi connectivity index (χ0) is 14.1. The van der Waals surface area contributed by atoms with Crippen LogP contribution in [0.4, 0.5) is 0 Å². The van der Waals surface area contributed by atoms with Crippen LogP contribution in [0.1, 0.15) is 58.3 Å². The highest BCUT2D eigenvalue weighted by Crippen LogP contribution is 2.20. The lowest BCUT2D eigenvalue weighted by molar-refractivity contribution is -0.144. The molecule has 0 amide bonds. The van der Waals surface area contributed by atoms with E-state index >= 15 is 0 Å². The Morgan fingerprint density at radius 3 is 2.26 bits per heavy atom. The third-order valence-electron chi connectivity index (χ3n) is 3.93. The van der Waals surface area contributed by atoms with E-state index in [4.69, 9.17) is 4.74 Å². The molecule has 0 aromatic carbocycles. The Balaban J connectivity index is 2.31. The lowest BCUT2D eigenvalue weighted by Gasteiger charge is -2.29. The van der Waals surface area contributed by atoms with Gasteiger partial charge in [-0.15, -0.1) is 0 Å². The number of hydrogen-bond donors (Lipinski definition) is 1. The van der Waals surface area contributed by atoms with Crippen molar-refractivity contribution < 1.29 is 14.6 Å². The van der Waals surface area contributed by atoms with Gasteiger partial charge in [-0.2, -0.15) is 0 Å². The van der Waals surface area contributed by atoms with Crippen LogP contribution >= 0.6 is 0 Å². The van der Waals surface area contributed by atoms with E-state index < -0.39 is 6.10 Å². The predicted octanol–water partition coefficient (Wildman–Crippen LogP) is 2.35. The van der Waals surface area contributed by atoms with Crippen LogP contribution in [0, 0.1) is 0 Å². The van der Waals surface area contributed by atoms with Crippen molar-refractivity contribution in [2.75, 3.05) is 20.2 Å². The van der Waals surface area contributed by atoms with Crippen LogP contribution in [0.3, 0.4) is 0 Å². The molecule has 0 spiro atoms. The van der Waals surface area contributed by atoms with Crippen LogP contribution in [0.25, 0.3) is 0 Å². The maximum Gasteiger partial charge on any atom is 0.302 e. The van der Waals surface area contributed by atoms with Gasteiger partial charge < -0.3 is 14.7 Å². The fraction of sp³-hybridized carbons (Fsp3) is 0.933. The number of rotatable bonds is 5. The second kappa shape index (κ2) is 9.32. The fourth-order valence-corrected chi connectivity index (χ4v) is 2.80. The second-order valence-corrected chi connectivity index (χ2v) is 5.75. The van der Waals surface area contributed by atoms with Gasteiger partial charge >= 0.3 is 5.97 Å². The fourth-order valence-electron chi connectivity index (χ4n) is 2.80. The zero-order valence-corrected chi connectivity index (χ0v) is 12.4. The highest BCUT2D eigenvalue weighted by atomic mass is 16.5. The molecular formula is C15H29NO3. The number of nitrogens with zero attached hydrogens (tertiary/aromatic N) is 1. The van der Waals surface area contributed by atoms with Gasteiger partial charge in [-0.1, -0.05) is 38.5 Å². The van der Waals surface area contributed by atoms with Gasteiger partial charge in [0.2, 0.25) is 0 Å². The summed E-state index contributed by atoms with van der Waals surface area (Å²) < 4.78 is 4.84. The molecule has 112 valence electrons. The van der Waals surface area contributed by atoms with Gasteiger partial charge in [0.1, 0.15) is 12.7 Å². The Hall–Kier alpha value is -0.610. The molecule has 0 saturated heterocycles. The van der Waals surface area contributed by atoms with Gasteiger partial charge in [0.15, 0.2) is 0 Å². The van der Waals surface area contributed by atoms with Crippen molar-refractivity contribution >= 4 is 5.97 Å². The van der Waals surface area contributed by atoms with Gasteiger partial charge in [-0.3, -0.25) is 4.79 Å². The Bertz CT molecular complexity index is 248. The Morgan fingerprint density at radius 1 is 1.21 bits per heavy atom. The molecular weight excluding hydrogens is 242 g/mol. The SMILES string of the molecule is CC(=O)OCC(O)CN(C)C1CCCCCCCC1. The molecule has 19 heavy (non-hydrogen) atoms. The van der Waals surface area contributed by atoms with Crippen molar-refractivity contribution in [3.63, 3.8) is 0 Å². The first kappa shape index (κ1) is 16.4. The smallest absolute Gasteiger partial charge is 0.302 e. The zero-order valence-electron chi connectivity index (χ0n) is 12.4. The summed E-state index contributed by atoms with van der Waals surface area (Å²) >= 11 is 0. The first-order valence-electron chi connectivity index (χ1n) is 7.61. The number of hydrogen-bond acceptors (Lipinski definition) is 4. The molecule has 1 fully saturated rings. The summed E-state index contributed by atoms with van der Waals surface area (Å²) in [4.78, 5) is 12.9. The number of carbonyl (C=O) groups excluding carboxylic acids is 1. The first-order valence-corrected chi connectivity index (χ1v) is 7.61. The summed E-state index contributed by atoms with van der Waals surface area (Å²) in [5.74, 6) is -0.329. The molecule has 0 aromatic rings. The van der Waals surface area contributed by atoms with E-state index in [1.165, 1.54) is 58.3 Å². The predicted molar refractivity (Wildman–Crippen MR) is 76.0 cm³/mol. The average Bonchev–Trinajstić information content (AvgIpc) is 2.49. The van der Waals surface area contributed by atoms with Crippen molar-refractivity contribution in [3.8, 4) is 0 Å². The molecule has 0 aromatic heterocycles. The monoisotopic (exact) mass is 271 g/mol. The van der Waals surface area contributed by atoms with Gasteiger partial charge in [-0.05, 0) is 19.9 Å². The average molecular weight is 271 g/mol. The van der Waals surface area contributed by atoms with Gasteiger partial charge in [0.25, 0.3) is 0 Å². The van der Waals surface area contributed by atoms with Crippen molar-refractivity contribution in [1.29, 1.82) is 0 Å². The summed E-state index contributed by atoms with van der Waals surface area (Å²) in [6.45, 7) is 2.05. The summed E-state index contributed by atoms with van der Waals surface area (Å²) in [5.41, 5.74) is 0. The molecule has 0 radical (unpaired) electrons. The number of likely N-dealkylation sites (N-methyl/N-ethyl adjacent to an activating group) is 1. The van der Waals surface area contributed by atoms with E-state index in [1.54, 1.807) is 0 Å². The Morgan fingerprint density at radius 2 is 1.74 bits per heavy atom. The maximum atomic E-state index is 10.7. The highest BCUT2D eigenvalue weighted by Gasteiger charge is 2.18. The number of esters is 1. The largest absolute Gasteiger partial charge is 0.463 e. The molecule has 4 nitrogen and oxygen atoms in total. The highest BCUT2D eigenvalue weighted by molar-refractivity contribution is 5.65. The van der Waals surface area contributed by atoms with E-state index in [0.29, 0.717) is 12.6 Å². The summed E-state index contributed by atoms with van der Waals surface area (Å²) in [5, 5.41) is 9.86. The molecule has 0 aliphatic heterocycles. The van der Waals surface area contributed by atoms with Crippen LogP contribution in [-0.4, -0.2) is 48.3 Å². The Labute approximate surface area is 117 Å². The van der Waals surface area contributed by atoms with E-state index in [0.717, 1.165) is 0 Å². The minimum atomic E-state index is -0.582. The lowest BCUT2D eigenvalue weighted by atomic mass is 10.0. The molecule has 1 N–H and O–H groups in total. The van der Waals surface area contributed by atoms with Gasteiger partial charge in [0.05, 0.1) is 0 Å². The molecule has 0 heterocycles. The van der Waals surface area contributed by atoms with Crippen LogP contribution in [0.15, 0.2) is 0 Å². The molecule has 1 rings (SSSR count). The van der Waals surface area contributed by atoms with Crippen LogP contribution in [0.2, 0.25) is 0 Å². The van der Waals surface area contributed by atoms with E-state index in [9.17, 15) is 9.90 Å². The second-order valence-electron chi connectivity index (χ2n) is 5.75. The van der Waals surface area contributed by atoms with Crippen LogP contribution in [-0.2, 0) is 9.53 Å². The van der Waals surface area contributed by atoms with Crippen molar-refractivity contribution in [3.05, 3.63) is 0 Å². The molecule has 1 aliphatic carbocycles. The minimum Gasteiger partial charge on any atom is -0.463 e. The van der Waals surface area contributed by atoms with E-state index in [-0.39, 0.29) is 12.6 Å². The third kappa shape index (κ3) is 7.53. The number of aliphatic hydroxyl groups excluding tert-OH is 1. The first-order chi connectivity index (χ1) is 9.09. The van der Waals surface area contributed by atoms with Crippen molar-refractivity contribution in [2.45, 2.75) is 70.4 Å².